The summed E-state index contributed by atoms with van der Waals surface area (Å²) in [6.45, 7) is -1.89. The van der Waals surface area contributed by atoms with Gasteiger partial charge in [0.05, 0.1) is 30.2 Å². The van der Waals surface area contributed by atoms with Gasteiger partial charge in [-0.15, -0.1) is 0 Å². The predicted octanol–water partition coefficient (Wildman–Crippen LogP) is 12.0. The molecular weight excluding hydrogens is 946 g/mol. The molecule has 4 aromatic rings. The maximum atomic E-state index is 14.4. The molecule has 4 rings (SSSR count). The van der Waals surface area contributed by atoms with Crippen LogP contribution in [0.25, 0.3) is 11.1 Å². The summed E-state index contributed by atoms with van der Waals surface area (Å²) >= 11 is 0. The van der Waals surface area contributed by atoms with E-state index in [-0.39, 0.29) is 40.5 Å². The number of rotatable bonds is 20. The molecule has 0 heterocycles. The van der Waals surface area contributed by atoms with Gasteiger partial charge in [0.1, 0.15) is 17.3 Å². The van der Waals surface area contributed by atoms with Gasteiger partial charge in [-0.1, -0.05) is 48.5 Å². The molecule has 0 aliphatic carbocycles. The third-order valence-electron chi connectivity index (χ3n) is 9.71. The molecule has 65 heavy (non-hydrogen) atoms. The smallest absolute Gasteiger partial charge is 0.460 e. The highest BCUT2D eigenvalue weighted by Crippen LogP contribution is 2.64. The molecule has 356 valence electrons. The van der Waals surface area contributed by atoms with Crippen molar-refractivity contribution in [3.05, 3.63) is 114 Å². The molecule has 0 aliphatic heterocycles. The molecular formula is C40H30F18N2O4S. The number of hydrogen-bond donors (Lipinski definition) is 0. The molecule has 0 atom stereocenters. The lowest BCUT2D eigenvalue weighted by Crippen LogP contribution is -2.74. The molecule has 25 heteroatoms. The molecule has 0 N–H and O–H groups in total. The van der Waals surface area contributed by atoms with Gasteiger partial charge in [-0.3, -0.25) is 0 Å². The molecule has 4 aromatic carbocycles. The van der Waals surface area contributed by atoms with E-state index in [0.29, 0.717) is 16.7 Å². The molecule has 0 aliphatic rings. The number of alkyl halides is 17. The summed E-state index contributed by atoms with van der Waals surface area (Å²) in [5.41, 5.74) is 1.65. The lowest BCUT2D eigenvalue weighted by atomic mass is 9.88. The van der Waals surface area contributed by atoms with E-state index in [2.05, 4.69) is 0 Å². The number of halogens is 18. The summed E-state index contributed by atoms with van der Waals surface area (Å²) in [5.74, 6) is -58.1. The van der Waals surface area contributed by atoms with Crippen LogP contribution >= 0.6 is 0 Å². The fourth-order valence-electron chi connectivity index (χ4n) is 5.91. The van der Waals surface area contributed by atoms with Crippen molar-refractivity contribution >= 4 is 10.0 Å². The van der Waals surface area contributed by atoms with Crippen LogP contribution in [-0.2, 0) is 23.0 Å². The van der Waals surface area contributed by atoms with Crippen molar-refractivity contribution in [3.63, 3.8) is 0 Å². The van der Waals surface area contributed by atoms with Crippen molar-refractivity contribution in [2.45, 2.75) is 78.3 Å². The molecule has 0 fully saturated rings. The van der Waals surface area contributed by atoms with E-state index in [4.69, 9.17) is 14.7 Å². The zero-order chi connectivity index (χ0) is 49.2. The van der Waals surface area contributed by atoms with Gasteiger partial charge < -0.3 is 9.47 Å². The van der Waals surface area contributed by atoms with Gasteiger partial charge in [-0.2, -0.15) is 84.2 Å². The average molecular weight is 977 g/mol. The Morgan fingerprint density at radius 1 is 0.662 bits per heavy atom. The second-order valence-electron chi connectivity index (χ2n) is 14.0. The van der Waals surface area contributed by atoms with E-state index in [0.717, 1.165) is 35.7 Å². The molecule has 0 spiro atoms. The molecule has 0 saturated carbocycles. The topological polar surface area (TPSA) is 79.6 Å². The monoisotopic (exact) mass is 976 g/mol. The molecule has 0 radical (unpaired) electrons. The fraction of sp³-hybridized carbons (Fsp3) is 0.375. The number of ether oxygens (including phenoxy) is 2. The largest absolute Gasteiger partial charge is 0.496 e. The number of nitriles is 1. The number of sulfonamides is 1. The van der Waals surface area contributed by atoms with E-state index in [1.807, 2.05) is 6.07 Å². The molecule has 6 nitrogen and oxygen atoms in total. The van der Waals surface area contributed by atoms with Crippen LogP contribution in [-0.4, -0.2) is 80.6 Å². The van der Waals surface area contributed by atoms with Crippen LogP contribution in [0.5, 0.6) is 11.5 Å². The maximum Gasteiger partial charge on any atom is 0.460 e. The Labute approximate surface area is 357 Å². The lowest BCUT2D eigenvalue weighted by molar-refractivity contribution is -0.461. The fourth-order valence-corrected chi connectivity index (χ4v) is 7.33. The van der Waals surface area contributed by atoms with E-state index < -0.39 is 89.5 Å². The van der Waals surface area contributed by atoms with Crippen LogP contribution in [0, 0.1) is 17.1 Å². The molecule has 0 bridgehead atoms. The van der Waals surface area contributed by atoms with Crippen molar-refractivity contribution in [1.82, 2.24) is 4.31 Å². The zero-order valence-electron chi connectivity index (χ0n) is 32.6. The van der Waals surface area contributed by atoms with Gasteiger partial charge >= 0.3 is 47.6 Å². The summed E-state index contributed by atoms with van der Waals surface area (Å²) in [7, 11) is -3.31. The van der Waals surface area contributed by atoms with Crippen LogP contribution in [0.4, 0.5) is 79.0 Å². The van der Waals surface area contributed by atoms with Crippen LogP contribution in [0.1, 0.15) is 29.5 Å². The van der Waals surface area contributed by atoms with Gasteiger partial charge in [-0.05, 0) is 60.4 Å². The van der Waals surface area contributed by atoms with E-state index in [1.165, 1.54) is 30.3 Å². The molecule has 0 aromatic heterocycles. The standard InChI is InChI=1S/C40H30F18N2O4S/c1-63-32-21-28(64-20-4-18-33(42,43)34(44,45)35(46,47)36(48,49)37(50,51)38(52,53)39(54,55)40(56,57)58)14-13-27(32)23-60(65(61,62)29-15-9-25(22-59)10-16-29)19-17-24-7-11-26(12-8-24)30-5-2-3-6-31(30)41/h2-3,5-16,21H,4,17-20,23H2,1H3. The highest BCUT2D eigenvalue weighted by molar-refractivity contribution is 7.89. The van der Waals surface area contributed by atoms with Crippen molar-refractivity contribution in [2.75, 3.05) is 20.3 Å². The molecule has 0 saturated heterocycles. The first-order valence-corrected chi connectivity index (χ1v) is 19.5. The van der Waals surface area contributed by atoms with E-state index >= 15 is 0 Å². The van der Waals surface area contributed by atoms with Crippen LogP contribution in [0.3, 0.4) is 0 Å². The minimum atomic E-state index is -8.72. The molecule has 0 unspecified atom stereocenters. The Hall–Kier alpha value is -5.38. The summed E-state index contributed by atoms with van der Waals surface area (Å²) in [5, 5.41) is 9.15. The van der Waals surface area contributed by atoms with Gasteiger partial charge in [0.25, 0.3) is 0 Å². The minimum absolute atomic E-state index is 0.0761. The lowest BCUT2D eigenvalue weighted by Gasteiger charge is -2.42. The second-order valence-corrected chi connectivity index (χ2v) is 15.9. The highest BCUT2D eigenvalue weighted by Gasteiger charge is 2.95. The Kier molecular flexibility index (Phi) is 14.9. The number of nitrogens with zero attached hydrogens (tertiary/aromatic N) is 2. The molecule has 0 amide bonds. The summed E-state index contributed by atoms with van der Waals surface area (Å²) in [6, 6.07) is 22.3. The number of methoxy groups -OCH3 is 1. The predicted molar refractivity (Wildman–Crippen MR) is 193 cm³/mol. The van der Waals surface area contributed by atoms with E-state index in [9.17, 15) is 87.4 Å². The van der Waals surface area contributed by atoms with Crippen molar-refractivity contribution in [2.24, 2.45) is 0 Å². The Morgan fingerprint density at radius 2 is 1.20 bits per heavy atom. The normalized spacial score (nSPS) is 13.8. The van der Waals surface area contributed by atoms with E-state index in [1.54, 1.807) is 36.4 Å². The Balaban J connectivity index is 1.51. The quantitative estimate of drug-likeness (QED) is 0.0651. The average Bonchev–Trinajstić information content (AvgIpc) is 3.23. The first-order valence-electron chi connectivity index (χ1n) is 18.1. The van der Waals surface area contributed by atoms with Crippen LogP contribution in [0.15, 0.2) is 95.9 Å². The summed E-state index contributed by atoms with van der Waals surface area (Å²) in [4.78, 5) is -0.246. The SMILES string of the molecule is COc1cc(OCCCC(F)(F)C(F)(F)C(F)(F)C(F)(F)C(F)(F)C(F)(F)C(F)(F)C(F)(F)F)ccc1CN(CCc1ccc(-c2ccccc2F)cc1)S(=O)(=O)c1ccc(C#N)cc1. The van der Waals surface area contributed by atoms with Crippen LogP contribution in [0.2, 0.25) is 0 Å². The summed E-state index contributed by atoms with van der Waals surface area (Å²) in [6.07, 6.45) is -12.0. The minimum Gasteiger partial charge on any atom is -0.496 e. The number of benzene rings is 4. The Morgan fingerprint density at radius 3 is 1.72 bits per heavy atom. The summed E-state index contributed by atoms with van der Waals surface area (Å²) < 4.78 is 285. The van der Waals surface area contributed by atoms with Gasteiger partial charge in [0.2, 0.25) is 10.0 Å². The van der Waals surface area contributed by atoms with Gasteiger partial charge in [0.15, 0.2) is 0 Å². The Bertz CT molecular complexity index is 2440. The zero-order valence-corrected chi connectivity index (χ0v) is 33.5. The maximum absolute atomic E-state index is 14.4. The third kappa shape index (κ3) is 9.78. The highest BCUT2D eigenvalue weighted by atomic mass is 32.2. The first-order chi connectivity index (χ1) is 29.7. The van der Waals surface area contributed by atoms with Gasteiger partial charge in [0, 0.05) is 36.7 Å². The van der Waals surface area contributed by atoms with Crippen molar-refractivity contribution in [3.8, 4) is 28.7 Å². The second kappa shape index (κ2) is 18.5. The van der Waals surface area contributed by atoms with Crippen molar-refractivity contribution in [1.29, 1.82) is 5.26 Å². The van der Waals surface area contributed by atoms with Crippen LogP contribution < -0.4 is 9.47 Å². The van der Waals surface area contributed by atoms with Crippen molar-refractivity contribution < 1.29 is 96.9 Å². The van der Waals surface area contributed by atoms with Gasteiger partial charge in [-0.25, -0.2) is 12.8 Å². The first kappa shape index (κ1) is 52.2. The third-order valence-corrected chi connectivity index (χ3v) is 11.6. The number of hydrogen-bond acceptors (Lipinski definition) is 5.